The summed E-state index contributed by atoms with van der Waals surface area (Å²) in [5.74, 6) is 0.0511. The lowest BCUT2D eigenvalue weighted by Gasteiger charge is -2.34. The summed E-state index contributed by atoms with van der Waals surface area (Å²) in [5.41, 5.74) is 0. The summed E-state index contributed by atoms with van der Waals surface area (Å²) in [5, 5.41) is 11.8. The molecule has 18 heavy (non-hydrogen) atoms. The highest BCUT2D eigenvalue weighted by Gasteiger charge is 2.18. The molecule has 1 amide bonds. The Labute approximate surface area is 109 Å². The van der Waals surface area contributed by atoms with E-state index >= 15 is 0 Å². The van der Waals surface area contributed by atoms with Gasteiger partial charge < -0.3 is 15.2 Å². The Morgan fingerprint density at radius 2 is 1.94 bits per heavy atom. The monoisotopic (exact) mass is 259 g/mol. The number of carbonyl (C=O) groups is 1. The smallest absolute Gasteiger partial charge is 0.234 e. The summed E-state index contributed by atoms with van der Waals surface area (Å²) in [6, 6.07) is 0.0539. The van der Waals surface area contributed by atoms with E-state index in [-0.39, 0.29) is 18.6 Å². The molecule has 6 nitrogen and oxygen atoms in total. The zero-order chi connectivity index (χ0) is 13.4. The fourth-order valence-electron chi connectivity index (χ4n) is 2.13. The molecule has 0 aromatic rings. The van der Waals surface area contributed by atoms with Gasteiger partial charge in [0.1, 0.15) is 0 Å². The second-order valence-corrected chi connectivity index (χ2v) is 4.77. The zero-order valence-electron chi connectivity index (χ0n) is 11.4. The van der Waals surface area contributed by atoms with Crippen LogP contribution in [0.15, 0.2) is 0 Å². The van der Waals surface area contributed by atoms with Gasteiger partial charge in [0.25, 0.3) is 0 Å². The molecule has 1 heterocycles. The number of nitrogens with zero attached hydrogens (tertiary/aromatic N) is 2. The Balaban J connectivity index is 2.18. The van der Waals surface area contributed by atoms with Crippen molar-refractivity contribution < 1.29 is 14.6 Å². The van der Waals surface area contributed by atoms with Crippen molar-refractivity contribution in [2.45, 2.75) is 13.0 Å². The van der Waals surface area contributed by atoms with E-state index in [1.165, 1.54) is 0 Å². The molecular weight excluding hydrogens is 234 g/mol. The van der Waals surface area contributed by atoms with Gasteiger partial charge in [-0.2, -0.15) is 0 Å². The highest BCUT2D eigenvalue weighted by Crippen LogP contribution is 2.00. The van der Waals surface area contributed by atoms with Gasteiger partial charge >= 0.3 is 0 Å². The van der Waals surface area contributed by atoms with Crippen LogP contribution in [0.4, 0.5) is 0 Å². The molecule has 0 aromatic heterocycles. The van der Waals surface area contributed by atoms with Gasteiger partial charge in [0, 0.05) is 45.9 Å². The van der Waals surface area contributed by atoms with E-state index in [4.69, 9.17) is 9.84 Å². The Morgan fingerprint density at radius 1 is 1.33 bits per heavy atom. The Hall–Kier alpha value is -0.690. The van der Waals surface area contributed by atoms with Gasteiger partial charge in [-0.25, -0.2) is 0 Å². The summed E-state index contributed by atoms with van der Waals surface area (Å²) in [7, 11) is 1.63. The molecule has 0 spiro atoms. The minimum Gasteiger partial charge on any atom is -0.395 e. The number of ether oxygens (including phenoxy) is 1. The number of methoxy groups -OCH3 is 1. The van der Waals surface area contributed by atoms with E-state index < -0.39 is 0 Å². The zero-order valence-corrected chi connectivity index (χ0v) is 11.4. The van der Waals surface area contributed by atoms with Crippen molar-refractivity contribution in [1.29, 1.82) is 0 Å². The molecule has 1 unspecified atom stereocenters. The lowest BCUT2D eigenvalue weighted by atomic mass is 10.3. The molecule has 2 N–H and O–H groups in total. The number of hydrogen-bond donors (Lipinski definition) is 2. The summed E-state index contributed by atoms with van der Waals surface area (Å²) in [6.45, 7) is 7.44. The van der Waals surface area contributed by atoms with Gasteiger partial charge in [-0.15, -0.1) is 0 Å². The summed E-state index contributed by atoms with van der Waals surface area (Å²) in [4.78, 5) is 16.1. The molecule has 1 atom stereocenters. The number of nitrogens with one attached hydrogen (secondary N) is 1. The first-order valence-corrected chi connectivity index (χ1v) is 6.49. The number of piperazine rings is 1. The predicted molar refractivity (Wildman–Crippen MR) is 69.4 cm³/mol. The number of amides is 1. The van der Waals surface area contributed by atoms with Gasteiger partial charge in [0.2, 0.25) is 5.91 Å². The van der Waals surface area contributed by atoms with Crippen LogP contribution in [0.5, 0.6) is 0 Å². The maximum Gasteiger partial charge on any atom is 0.234 e. The fourth-order valence-corrected chi connectivity index (χ4v) is 2.13. The highest BCUT2D eigenvalue weighted by molar-refractivity contribution is 5.78. The molecule has 1 aliphatic heterocycles. The lowest BCUT2D eigenvalue weighted by Crippen LogP contribution is -2.51. The SMILES string of the molecule is COCC(C)NC(=O)CN1CCN(CCO)CC1. The Morgan fingerprint density at radius 3 is 2.50 bits per heavy atom. The molecule has 106 valence electrons. The van der Waals surface area contributed by atoms with E-state index in [0.717, 1.165) is 32.7 Å². The third kappa shape index (κ3) is 5.77. The van der Waals surface area contributed by atoms with Crippen LogP contribution in [0.1, 0.15) is 6.92 Å². The Kier molecular flexibility index (Phi) is 7.19. The molecule has 0 aromatic carbocycles. The van der Waals surface area contributed by atoms with Gasteiger partial charge in [-0.3, -0.25) is 14.6 Å². The lowest BCUT2D eigenvalue weighted by molar-refractivity contribution is -0.123. The highest BCUT2D eigenvalue weighted by atomic mass is 16.5. The molecule has 0 radical (unpaired) electrons. The van der Waals surface area contributed by atoms with Crippen molar-refractivity contribution in [3.8, 4) is 0 Å². The van der Waals surface area contributed by atoms with Crippen LogP contribution >= 0.6 is 0 Å². The quantitative estimate of drug-likeness (QED) is 0.598. The predicted octanol–water partition coefficient (Wildman–Crippen LogP) is -1.25. The summed E-state index contributed by atoms with van der Waals surface area (Å²) in [6.07, 6.45) is 0. The number of hydrogen-bond acceptors (Lipinski definition) is 5. The minimum absolute atomic E-state index is 0.0511. The van der Waals surface area contributed by atoms with E-state index in [1.807, 2.05) is 6.92 Å². The number of rotatable bonds is 7. The van der Waals surface area contributed by atoms with Crippen LogP contribution in [0.2, 0.25) is 0 Å². The normalized spacial score (nSPS) is 19.7. The van der Waals surface area contributed by atoms with Crippen molar-refractivity contribution in [3.05, 3.63) is 0 Å². The summed E-state index contributed by atoms with van der Waals surface area (Å²) < 4.78 is 4.98. The standard InChI is InChI=1S/C12H25N3O3/c1-11(10-18-2)13-12(17)9-15-5-3-14(4-6-15)7-8-16/h11,16H,3-10H2,1-2H3,(H,13,17). The first kappa shape index (κ1) is 15.4. The maximum absolute atomic E-state index is 11.7. The average molecular weight is 259 g/mol. The summed E-state index contributed by atoms with van der Waals surface area (Å²) >= 11 is 0. The van der Waals surface area contributed by atoms with Crippen molar-refractivity contribution in [2.24, 2.45) is 0 Å². The van der Waals surface area contributed by atoms with E-state index in [0.29, 0.717) is 13.2 Å². The Bertz CT molecular complexity index is 243. The van der Waals surface area contributed by atoms with Crippen molar-refractivity contribution in [2.75, 3.05) is 59.6 Å². The molecule has 1 rings (SSSR count). The van der Waals surface area contributed by atoms with Crippen LogP contribution < -0.4 is 5.32 Å². The molecule has 0 saturated carbocycles. The number of β-amino-alcohol motifs (C(OH)–C–C–N with tert-alkyl or cyclic N) is 1. The second-order valence-electron chi connectivity index (χ2n) is 4.77. The molecule has 0 aliphatic carbocycles. The molecule has 6 heteroatoms. The van der Waals surface area contributed by atoms with Gasteiger partial charge in [-0.1, -0.05) is 0 Å². The van der Waals surface area contributed by atoms with Crippen LogP contribution in [0.3, 0.4) is 0 Å². The molecule has 1 fully saturated rings. The number of aliphatic hydroxyl groups is 1. The molecular formula is C12H25N3O3. The third-order valence-corrected chi connectivity index (χ3v) is 3.07. The van der Waals surface area contributed by atoms with Crippen molar-refractivity contribution in [3.63, 3.8) is 0 Å². The first-order chi connectivity index (χ1) is 8.65. The fraction of sp³-hybridized carbons (Fsp3) is 0.917. The average Bonchev–Trinajstić information content (AvgIpc) is 2.32. The van der Waals surface area contributed by atoms with E-state index in [2.05, 4.69) is 15.1 Å². The van der Waals surface area contributed by atoms with E-state index in [9.17, 15) is 4.79 Å². The van der Waals surface area contributed by atoms with E-state index in [1.54, 1.807) is 7.11 Å². The number of aliphatic hydroxyl groups excluding tert-OH is 1. The second kappa shape index (κ2) is 8.42. The van der Waals surface area contributed by atoms with Crippen molar-refractivity contribution in [1.82, 2.24) is 15.1 Å². The van der Waals surface area contributed by atoms with Gasteiger partial charge in [0.05, 0.1) is 19.8 Å². The van der Waals surface area contributed by atoms with Crippen LogP contribution in [0.25, 0.3) is 0 Å². The first-order valence-electron chi connectivity index (χ1n) is 6.49. The maximum atomic E-state index is 11.7. The van der Waals surface area contributed by atoms with Crippen LogP contribution in [0, 0.1) is 0 Å². The molecule has 1 saturated heterocycles. The largest absolute Gasteiger partial charge is 0.395 e. The number of carbonyl (C=O) groups excluding carboxylic acids is 1. The van der Waals surface area contributed by atoms with Gasteiger partial charge in [-0.05, 0) is 6.92 Å². The van der Waals surface area contributed by atoms with Gasteiger partial charge in [0.15, 0.2) is 0 Å². The topological polar surface area (TPSA) is 65.0 Å². The third-order valence-electron chi connectivity index (χ3n) is 3.07. The molecule has 1 aliphatic rings. The van der Waals surface area contributed by atoms with Crippen LogP contribution in [-0.4, -0.2) is 86.4 Å². The minimum atomic E-state index is 0.0511. The molecule has 0 bridgehead atoms. The van der Waals surface area contributed by atoms with Crippen molar-refractivity contribution >= 4 is 5.91 Å². The van der Waals surface area contributed by atoms with Crippen LogP contribution in [-0.2, 0) is 9.53 Å².